The van der Waals surface area contributed by atoms with Crippen LogP contribution in [0.1, 0.15) is 16.1 Å². The smallest absolute Gasteiger partial charge is 0.340 e. The minimum Gasteiger partial charge on any atom is -0.465 e. The molecule has 1 heterocycles. The predicted molar refractivity (Wildman–Crippen MR) is 100 cm³/mol. The van der Waals surface area contributed by atoms with Crippen molar-refractivity contribution >= 4 is 12.0 Å². The summed E-state index contributed by atoms with van der Waals surface area (Å²) >= 11 is 0. The Morgan fingerprint density at radius 1 is 0.962 bits per heavy atom. The van der Waals surface area contributed by atoms with Gasteiger partial charge in [0, 0.05) is 11.1 Å². The SMILES string of the molecule is COC(=O)c1c(-c2ccccc2)c(-c2ccccc2)n(NC(N)=O)c1C. The summed E-state index contributed by atoms with van der Waals surface area (Å²) in [6.45, 7) is 1.74. The van der Waals surface area contributed by atoms with Gasteiger partial charge in [-0.1, -0.05) is 60.7 Å². The van der Waals surface area contributed by atoms with E-state index in [1.165, 1.54) is 11.8 Å². The van der Waals surface area contributed by atoms with E-state index in [1.807, 2.05) is 60.7 Å². The van der Waals surface area contributed by atoms with Crippen molar-refractivity contribution in [2.24, 2.45) is 5.73 Å². The third-order valence-corrected chi connectivity index (χ3v) is 4.13. The first-order valence-corrected chi connectivity index (χ1v) is 8.05. The number of nitrogens with two attached hydrogens (primary N) is 1. The summed E-state index contributed by atoms with van der Waals surface area (Å²) < 4.78 is 6.53. The highest BCUT2D eigenvalue weighted by Crippen LogP contribution is 2.38. The van der Waals surface area contributed by atoms with Gasteiger partial charge in [0.25, 0.3) is 0 Å². The molecule has 1 aromatic heterocycles. The van der Waals surface area contributed by atoms with Crippen LogP contribution in [-0.4, -0.2) is 23.8 Å². The van der Waals surface area contributed by atoms with Gasteiger partial charge in [0.15, 0.2) is 0 Å². The van der Waals surface area contributed by atoms with E-state index < -0.39 is 12.0 Å². The molecule has 2 aromatic carbocycles. The highest BCUT2D eigenvalue weighted by molar-refractivity contribution is 6.04. The van der Waals surface area contributed by atoms with E-state index in [1.54, 1.807) is 6.92 Å². The molecule has 0 aliphatic heterocycles. The molecule has 6 heteroatoms. The Hall–Kier alpha value is -3.54. The van der Waals surface area contributed by atoms with Crippen LogP contribution in [0.25, 0.3) is 22.4 Å². The molecule has 132 valence electrons. The standard InChI is InChI=1S/C20H19N3O3/c1-13-16(19(24)26-2)17(14-9-5-3-6-10-14)18(23(13)22-20(21)25)15-11-7-4-8-12-15/h3-12H,1-2H3,(H3,21,22,25). The van der Waals surface area contributed by atoms with Gasteiger partial charge in [-0.05, 0) is 12.5 Å². The van der Waals surface area contributed by atoms with E-state index in [-0.39, 0.29) is 0 Å². The minimum absolute atomic E-state index is 0.381. The number of ether oxygens (including phenoxy) is 1. The average Bonchev–Trinajstić information content (AvgIpc) is 2.94. The molecule has 0 radical (unpaired) electrons. The molecule has 2 amide bonds. The molecule has 26 heavy (non-hydrogen) atoms. The van der Waals surface area contributed by atoms with Crippen molar-refractivity contribution in [2.45, 2.75) is 6.92 Å². The van der Waals surface area contributed by atoms with Gasteiger partial charge >= 0.3 is 12.0 Å². The van der Waals surface area contributed by atoms with Crippen molar-refractivity contribution in [2.75, 3.05) is 12.5 Å². The zero-order chi connectivity index (χ0) is 18.7. The summed E-state index contributed by atoms with van der Waals surface area (Å²) in [5, 5.41) is 0. The second-order valence-electron chi connectivity index (χ2n) is 5.72. The number of nitrogens with zero attached hydrogens (tertiary/aromatic N) is 1. The van der Waals surface area contributed by atoms with Gasteiger partial charge in [0.2, 0.25) is 0 Å². The largest absolute Gasteiger partial charge is 0.465 e. The Balaban J connectivity index is 2.42. The molecule has 0 aliphatic rings. The zero-order valence-corrected chi connectivity index (χ0v) is 14.5. The highest BCUT2D eigenvalue weighted by Gasteiger charge is 2.28. The van der Waals surface area contributed by atoms with Crippen LogP contribution in [0, 0.1) is 6.92 Å². The highest BCUT2D eigenvalue weighted by atomic mass is 16.5. The molecule has 0 saturated carbocycles. The molecule has 0 spiro atoms. The summed E-state index contributed by atoms with van der Waals surface area (Å²) in [7, 11) is 1.33. The van der Waals surface area contributed by atoms with E-state index in [2.05, 4.69) is 5.43 Å². The second kappa shape index (κ2) is 7.14. The number of rotatable bonds is 4. The molecule has 0 fully saturated rings. The van der Waals surface area contributed by atoms with Gasteiger partial charge in [-0.3, -0.25) is 4.68 Å². The fourth-order valence-electron chi connectivity index (χ4n) is 3.05. The predicted octanol–water partition coefficient (Wildman–Crippen LogP) is 3.54. The Kier molecular flexibility index (Phi) is 4.75. The normalized spacial score (nSPS) is 10.4. The number of urea groups is 1. The fraction of sp³-hybridized carbons (Fsp3) is 0.100. The number of aromatic nitrogens is 1. The third kappa shape index (κ3) is 3.04. The van der Waals surface area contributed by atoms with E-state index >= 15 is 0 Å². The Labute approximate surface area is 151 Å². The van der Waals surface area contributed by atoms with Crippen molar-refractivity contribution in [1.82, 2.24) is 4.68 Å². The van der Waals surface area contributed by atoms with Gasteiger partial charge in [0.1, 0.15) is 0 Å². The lowest BCUT2D eigenvalue weighted by atomic mass is 9.97. The van der Waals surface area contributed by atoms with Crippen LogP contribution in [0.15, 0.2) is 60.7 Å². The molecule has 3 rings (SSSR count). The van der Waals surface area contributed by atoms with Gasteiger partial charge in [-0.25, -0.2) is 15.0 Å². The number of primary amides is 1. The van der Waals surface area contributed by atoms with E-state index in [0.29, 0.717) is 22.5 Å². The first-order chi connectivity index (χ1) is 12.5. The molecule has 0 aliphatic carbocycles. The summed E-state index contributed by atoms with van der Waals surface area (Å²) in [6.07, 6.45) is 0. The Morgan fingerprint density at radius 2 is 1.50 bits per heavy atom. The summed E-state index contributed by atoms with van der Waals surface area (Å²) in [5.74, 6) is -0.483. The minimum atomic E-state index is -0.726. The van der Waals surface area contributed by atoms with Gasteiger partial charge < -0.3 is 10.5 Å². The maximum absolute atomic E-state index is 12.5. The van der Waals surface area contributed by atoms with E-state index in [4.69, 9.17) is 10.5 Å². The van der Waals surface area contributed by atoms with Crippen molar-refractivity contribution in [1.29, 1.82) is 0 Å². The molecule has 3 N–H and O–H groups in total. The van der Waals surface area contributed by atoms with Crippen molar-refractivity contribution in [3.63, 3.8) is 0 Å². The van der Waals surface area contributed by atoms with Crippen molar-refractivity contribution in [3.8, 4) is 22.4 Å². The number of hydrogen-bond donors (Lipinski definition) is 2. The number of hydrogen-bond acceptors (Lipinski definition) is 3. The Bertz CT molecular complexity index is 947. The molecule has 0 bridgehead atoms. The number of nitrogens with one attached hydrogen (secondary N) is 1. The van der Waals surface area contributed by atoms with E-state index in [0.717, 1.165) is 11.1 Å². The van der Waals surface area contributed by atoms with Crippen LogP contribution >= 0.6 is 0 Å². The monoisotopic (exact) mass is 349 g/mol. The lowest BCUT2D eigenvalue weighted by molar-refractivity contribution is 0.0600. The molecule has 0 atom stereocenters. The first-order valence-electron chi connectivity index (χ1n) is 8.05. The lowest BCUT2D eigenvalue weighted by Crippen LogP contribution is -2.29. The number of carbonyl (C=O) groups excluding carboxylic acids is 2. The van der Waals surface area contributed by atoms with E-state index in [9.17, 15) is 9.59 Å². The quantitative estimate of drug-likeness (QED) is 0.706. The summed E-state index contributed by atoms with van der Waals surface area (Å²) in [4.78, 5) is 24.1. The fourth-order valence-corrected chi connectivity index (χ4v) is 3.05. The maximum atomic E-state index is 12.5. The number of carbonyl (C=O) groups is 2. The van der Waals surface area contributed by atoms with Crippen LogP contribution in [0.2, 0.25) is 0 Å². The second-order valence-corrected chi connectivity index (χ2v) is 5.72. The molecular weight excluding hydrogens is 330 g/mol. The number of methoxy groups -OCH3 is 1. The third-order valence-electron chi connectivity index (χ3n) is 4.13. The Morgan fingerprint density at radius 3 is 2.00 bits per heavy atom. The van der Waals surface area contributed by atoms with Gasteiger partial charge in [-0.2, -0.15) is 0 Å². The molecule has 3 aromatic rings. The van der Waals surface area contributed by atoms with Crippen LogP contribution in [0.4, 0.5) is 4.79 Å². The van der Waals surface area contributed by atoms with Gasteiger partial charge in [-0.15, -0.1) is 0 Å². The first kappa shape index (κ1) is 17.3. The van der Waals surface area contributed by atoms with Crippen molar-refractivity contribution in [3.05, 3.63) is 71.9 Å². The lowest BCUT2D eigenvalue weighted by Gasteiger charge is -2.13. The molecular formula is C20H19N3O3. The summed E-state index contributed by atoms with van der Waals surface area (Å²) in [6, 6.07) is 18.2. The van der Waals surface area contributed by atoms with Crippen LogP contribution in [0.3, 0.4) is 0 Å². The number of amides is 2. The van der Waals surface area contributed by atoms with Crippen LogP contribution < -0.4 is 11.2 Å². The summed E-state index contributed by atoms with van der Waals surface area (Å²) in [5.41, 5.74) is 11.9. The molecule has 0 unspecified atom stereocenters. The van der Waals surface area contributed by atoms with Gasteiger partial charge in [0.05, 0.1) is 24.1 Å². The number of esters is 1. The van der Waals surface area contributed by atoms with Crippen LogP contribution in [0.5, 0.6) is 0 Å². The maximum Gasteiger partial charge on any atom is 0.340 e. The van der Waals surface area contributed by atoms with Crippen molar-refractivity contribution < 1.29 is 14.3 Å². The number of benzene rings is 2. The van der Waals surface area contributed by atoms with Crippen LogP contribution in [-0.2, 0) is 4.74 Å². The topological polar surface area (TPSA) is 86.3 Å². The molecule has 6 nitrogen and oxygen atoms in total. The molecule has 0 saturated heterocycles. The zero-order valence-electron chi connectivity index (χ0n) is 14.5. The average molecular weight is 349 g/mol.